The Hall–Kier alpha value is -0.660. The molecule has 1 fully saturated rings. The minimum absolute atomic E-state index is 0.00376. The number of amides is 1. The van der Waals surface area contributed by atoms with Gasteiger partial charge in [-0.25, -0.2) is 5.14 Å². The van der Waals surface area contributed by atoms with Gasteiger partial charge in [-0.1, -0.05) is 6.92 Å². The second-order valence-corrected chi connectivity index (χ2v) is 5.19. The van der Waals surface area contributed by atoms with Crippen LogP contribution in [-0.2, 0) is 15.0 Å². The van der Waals surface area contributed by atoms with Gasteiger partial charge in [0.2, 0.25) is 5.91 Å². The first-order valence-electron chi connectivity index (χ1n) is 5.00. The fourth-order valence-electron chi connectivity index (χ4n) is 1.58. The second-order valence-electron chi connectivity index (χ2n) is 3.64. The van der Waals surface area contributed by atoms with E-state index in [0.29, 0.717) is 32.4 Å². The highest BCUT2D eigenvalue weighted by molar-refractivity contribution is 7.86. The van der Waals surface area contributed by atoms with Crippen molar-refractivity contribution in [3.8, 4) is 0 Å². The van der Waals surface area contributed by atoms with E-state index in [1.807, 2.05) is 0 Å². The van der Waals surface area contributed by atoms with Crippen LogP contribution < -0.4 is 10.5 Å². The zero-order valence-corrected chi connectivity index (χ0v) is 9.59. The summed E-state index contributed by atoms with van der Waals surface area (Å²) in [7, 11) is -3.56. The molecule has 1 heterocycles. The van der Waals surface area contributed by atoms with Crippen molar-refractivity contribution in [3.05, 3.63) is 0 Å². The van der Waals surface area contributed by atoms with E-state index >= 15 is 0 Å². The SMILES string of the molecule is CCC(=O)NC1CCN(S(N)(=O)=O)CC1. The highest BCUT2D eigenvalue weighted by Crippen LogP contribution is 2.12. The summed E-state index contributed by atoms with van der Waals surface area (Å²) >= 11 is 0. The second kappa shape index (κ2) is 4.91. The van der Waals surface area contributed by atoms with Gasteiger partial charge in [-0.15, -0.1) is 0 Å². The first kappa shape index (κ1) is 12.4. The maximum absolute atomic E-state index is 11.1. The lowest BCUT2D eigenvalue weighted by atomic mass is 10.1. The van der Waals surface area contributed by atoms with Crippen LogP contribution in [0.3, 0.4) is 0 Å². The molecule has 0 aromatic rings. The third kappa shape index (κ3) is 3.77. The minimum Gasteiger partial charge on any atom is -0.353 e. The van der Waals surface area contributed by atoms with Crippen molar-refractivity contribution in [1.29, 1.82) is 0 Å². The Morgan fingerprint density at radius 3 is 2.40 bits per heavy atom. The van der Waals surface area contributed by atoms with Gasteiger partial charge in [0, 0.05) is 25.6 Å². The molecule has 1 saturated heterocycles. The van der Waals surface area contributed by atoms with Gasteiger partial charge in [0.1, 0.15) is 0 Å². The van der Waals surface area contributed by atoms with E-state index in [2.05, 4.69) is 5.32 Å². The maximum atomic E-state index is 11.1. The molecule has 88 valence electrons. The highest BCUT2D eigenvalue weighted by atomic mass is 32.2. The molecule has 0 saturated carbocycles. The van der Waals surface area contributed by atoms with Crippen molar-refractivity contribution < 1.29 is 13.2 Å². The Bertz CT molecular complexity index is 320. The summed E-state index contributed by atoms with van der Waals surface area (Å²) in [5.41, 5.74) is 0. The lowest BCUT2D eigenvalue weighted by Gasteiger charge is -2.30. The van der Waals surface area contributed by atoms with Gasteiger partial charge in [0.25, 0.3) is 10.2 Å². The molecular formula is C8H17N3O3S. The van der Waals surface area contributed by atoms with Gasteiger partial charge in [-0.3, -0.25) is 4.79 Å². The van der Waals surface area contributed by atoms with E-state index < -0.39 is 10.2 Å². The van der Waals surface area contributed by atoms with Crippen LogP contribution in [0.1, 0.15) is 26.2 Å². The molecule has 7 heteroatoms. The largest absolute Gasteiger partial charge is 0.353 e. The average molecular weight is 235 g/mol. The zero-order chi connectivity index (χ0) is 11.5. The van der Waals surface area contributed by atoms with E-state index in [-0.39, 0.29) is 11.9 Å². The summed E-state index contributed by atoms with van der Waals surface area (Å²) in [5.74, 6) is 0.00376. The van der Waals surface area contributed by atoms with Crippen LogP contribution >= 0.6 is 0 Å². The zero-order valence-electron chi connectivity index (χ0n) is 8.77. The van der Waals surface area contributed by atoms with Gasteiger partial charge in [0.15, 0.2) is 0 Å². The fraction of sp³-hybridized carbons (Fsp3) is 0.875. The summed E-state index contributed by atoms with van der Waals surface area (Å²) in [4.78, 5) is 11.1. The van der Waals surface area contributed by atoms with E-state index in [1.54, 1.807) is 6.92 Å². The number of nitrogens with zero attached hydrogens (tertiary/aromatic N) is 1. The molecule has 0 aromatic heterocycles. The van der Waals surface area contributed by atoms with Crippen molar-refractivity contribution in [3.63, 3.8) is 0 Å². The molecular weight excluding hydrogens is 218 g/mol. The normalized spacial score (nSPS) is 20.1. The molecule has 1 aliphatic heterocycles. The smallest absolute Gasteiger partial charge is 0.276 e. The molecule has 1 rings (SSSR count). The number of carbonyl (C=O) groups excluding carboxylic acids is 1. The first-order valence-corrected chi connectivity index (χ1v) is 6.51. The van der Waals surface area contributed by atoms with Gasteiger partial charge < -0.3 is 5.32 Å². The predicted octanol–water partition coefficient (Wildman–Crippen LogP) is -0.819. The average Bonchev–Trinajstić information content (AvgIpc) is 2.17. The number of hydrogen-bond acceptors (Lipinski definition) is 3. The number of rotatable bonds is 3. The van der Waals surface area contributed by atoms with E-state index in [9.17, 15) is 13.2 Å². The molecule has 1 aliphatic rings. The van der Waals surface area contributed by atoms with Crippen LogP contribution in [0.2, 0.25) is 0 Å². The molecule has 0 aliphatic carbocycles. The van der Waals surface area contributed by atoms with Crippen LogP contribution in [0.15, 0.2) is 0 Å². The third-order valence-electron chi connectivity index (χ3n) is 2.50. The Labute approximate surface area is 90.0 Å². The summed E-state index contributed by atoms with van der Waals surface area (Å²) in [5, 5.41) is 7.83. The molecule has 1 amide bonds. The topological polar surface area (TPSA) is 92.5 Å². The predicted molar refractivity (Wildman–Crippen MR) is 56.1 cm³/mol. The molecule has 6 nitrogen and oxygen atoms in total. The van der Waals surface area contributed by atoms with Gasteiger partial charge in [-0.05, 0) is 12.8 Å². The minimum atomic E-state index is -3.56. The summed E-state index contributed by atoms with van der Waals surface area (Å²) < 4.78 is 23.2. The molecule has 0 bridgehead atoms. The summed E-state index contributed by atoms with van der Waals surface area (Å²) in [6, 6.07) is 0.0791. The first-order chi connectivity index (χ1) is 6.93. The molecule has 0 unspecified atom stereocenters. The monoisotopic (exact) mass is 235 g/mol. The summed E-state index contributed by atoms with van der Waals surface area (Å²) in [6.45, 7) is 2.55. The van der Waals surface area contributed by atoms with E-state index in [1.165, 1.54) is 4.31 Å². The molecule has 0 atom stereocenters. The van der Waals surface area contributed by atoms with Crippen molar-refractivity contribution in [2.45, 2.75) is 32.2 Å². The standard InChI is InChI=1S/C8H17N3O3S/c1-2-8(12)10-7-3-5-11(6-4-7)15(9,13)14/h7H,2-6H2,1H3,(H,10,12)(H2,9,13,14). The van der Waals surface area contributed by atoms with Crippen molar-refractivity contribution >= 4 is 16.1 Å². The Balaban J connectivity index is 2.40. The highest BCUT2D eigenvalue weighted by Gasteiger charge is 2.25. The van der Waals surface area contributed by atoms with Crippen molar-refractivity contribution in [2.75, 3.05) is 13.1 Å². The Morgan fingerprint density at radius 2 is 2.00 bits per heavy atom. The van der Waals surface area contributed by atoms with Crippen LogP contribution in [0, 0.1) is 0 Å². The quantitative estimate of drug-likeness (QED) is 0.669. The molecule has 0 radical (unpaired) electrons. The maximum Gasteiger partial charge on any atom is 0.276 e. The number of piperidine rings is 1. The summed E-state index contributed by atoms with van der Waals surface area (Å²) in [6.07, 6.45) is 1.71. The van der Waals surface area contributed by atoms with Gasteiger partial charge in [0.05, 0.1) is 0 Å². The van der Waals surface area contributed by atoms with Crippen molar-refractivity contribution in [2.24, 2.45) is 5.14 Å². The van der Waals surface area contributed by atoms with Crippen LogP contribution in [-0.4, -0.2) is 37.8 Å². The Morgan fingerprint density at radius 1 is 1.47 bits per heavy atom. The Kier molecular flexibility index (Phi) is 4.06. The number of hydrogen-bond donors (Lipinski definition) is 2. The lowest BCUT2D eigenvalue weighted by molar-refractivity contribution is -0.121. The number of nitrogens with two attached hydrogens (primary N) is 1. The third-order valence-corrected chi connectivity index (χ3v) is 3.58. The molecule has 15 heavy (non-hydrogen) atoms. The molecule has 0 spiro atoms. The van der Waals surface area contributed by atoms with Crippen molar-refractivity contribution in [1.82, 2.24) is 9.62 Å². The van der Waals surface area contributed by atoms with Gasteiger partial charge in [-0.2, -0.15) is 12.7 Å². The van der Waals surface area contributed by atoms with E-state index in [0.717, 1.165) is 0 Å². The number of carbonyl (C=O) groups is 1. The van der Waals surface area contributed by atoms with E-state index in [4.69, 9.17) is 5.14 Å². The lowest BCUT2D eigenvalue weighted by Crippen LogP contribution is -2.48. The van der Waals surface area contributed by atoms with Crippen LogP contribution in [0.25, 0.3) is 0 Å². The molecule has 0 aromatic carbocycles. The fourth-order valence-corrected chi connectivity index (χ4v) is 2.30. The molecule has 3 N–H and O–H groups in total. The van der Waals surface area contributed by atoms with Crippen LogP contribution in [0.4, 0.5) is 0 Å². The van der Waals surface area contributed by atoms with Gasteiger partial charge >= 0.3 is 0 Å². The van der Waals surface area contributed by atoms with Crippen LogP contribution in [0.5, 0.6) is 0 Å². The number of nitrogens with one attached hydrogen (secondary N) is 1.